The van der Waals surface area contributed by atoms with Crippen LogP contribution >= 0.6 is 0 Å². The minimum atomic E-state index is 0.755. The van der Waals surface area contributed by atoms with Gasteiger partial charge in [-0.1, -0.05) is 0 Å². The highest BCUT2D eigenvalue weighted by Crippen LogP contribution is 2.11. The summed E-state index contributed by atoms with van der Waals surface area (Å²) in [5.41, 5.74) is 1.98. The molecule has 0 saturated heterocycles. The molecule has 1 aliphatic rings. The summed E-state index contributed by atoms with van der Waals surface area (Å²) >= 11 is 0. The standard InChI is InChI=1S/C10H13N3/c1-3-9-7-10-8-12(2)5-4-6-13(10)11-9/h1,7H,4-6,8H2,2H3. The lowest BCUT2D eigenvalue weighted by molar-refractivity contribution is 0.332. The first-order valence-corrected chi connectivity index (χ1v) is 4.51. The van der Waals surface area contributed by atoms with Crippen molar-refractivity contribution in [3.05, 3.63) is 17.5 Å². The van der Waals surface area contributed by atoms with Gasteiger partial charge in [0.15, 0.2) is 0 Å². The van der Waals surface area contributed by atoms with E-state index in [1.54, 1.807) is 0 Å². The summed E-state index contributed by atoms with van der Waals surface area (Å²) in [4.78, 5) is 2.29. The van der Waals surface area contributed by atoms with Crippen molar-refractivity contribution >= 4 is 0 Å². The van der Waals surface area contributed by atoms with Gasteiger partial charge in [0.1, 0.15) is 5.69 Å². The first kappa shape index (κ1) is 8.33. The Labute approximate surface area is 78.3 Å². The molecule has 68 valence electrons. The maximum atomic E-state index is 5.30. The van der Waals surface area contributed by atoms with Gasteiger partial charge in [-0.2, -0.15) is 5.10 Å². The topological polar surface area (TPSA) is 21.1 Å². The van der Waals surface area contributed by atoms with Gasteiger partial charge in [-0.05, 0) is 25.5 Å². The fourth-order valence-electron chi connectivity index (χ4n) is 1.69. The average molecular weight is 175 g/mol. The minimum Gasteiger partial charge on any atom is -0.300 e. The second-order valence-corrected chi connectivity index (χ2v) is 3.48. The van der Waals surface area contributed by atoms with E-state index in [0.29, 0.717) is 0 Å². The van der Waals surface area contributed by atoms with E-state index in [-0.39, 0.29) is 0 Å². The van der Waals surface area contributed by atoms with E-state index in [4.69, 9.17) is 6.42 Å². The second-order valence-electron chi connectivity index (χ2n) is 3.48. The Balaban J connectivity index is 2.32. The molecule has 0 unspecified atom stereocenters. The van der Waals surface area contributed by atoms with Crippen molar-refractivity contribution in [2.75, 3.05) is 13.6 Å². The summed E-state index contributed by atoms with van der Waals surface area (Å²) in [7, 11) is 2.12. The molecular weight excluding hydrogens is 162 g/mol. The van der Waals surface area contributed by atoms with Crippen molar-refractivity contribution < 1.29 is 0 Å². The van der Waals surface area contributed by atoms with Crippen molar-refractivity contribution in [2.24, 2.45) is 0 Å². The number of rotatable bonds is 0. The fourth-order valence-corrected chi connectivity index (χ4v) is 1.69. The highest BCUT2D eigenvalue weighted by atomic mass is 15.3. The quantitative estimate of drug-likeness (QED) is 0.541. The van der Waals surface area contributed by atoms with Gasteiger partial charge < -0.3 is 4.90 Å². The summed E-state index contributed by atoms with van der Waals surface area (Å²) < 4.78 is 2.03. The molecule has 1 aromatic heterocycles. The average Bonchev–Trinajstić information content (AvgIpc) is 2.41. The number of nitrogens with zero attached hydrogens (tertiary/aromatic N) is 3. The summed E-state index contributed by atoms with van der Waals surface area (Å²) in [6.07, 6.45) is 6.44. The number of hydrogen-bond donors (Lipinski definition) is 0. The van der Waals surface area contributed by atoms with E-state index in [9.17, 15) is 0 Å². The maximum absolute atomic E-state index is 5.30. The van der Waals surface area contributed by atoms with Crippen LogP contribution in [0.25, 0.3) is 0 Å². The molecule has 13 heavy (non-hydrogen) atoms. The van der Waals surface area contributed by atoms with Crippen LogP contribution in [0.3, 0.4) is 0 Å². The molecule has 0 fully saturated rings. The van der Waals surface area contributed by atoms with E-state index >= 15 is 0 Å². The van der Waals surface area contributed by atoms with Crippen molar-refractivity contribution in [1.29, 1.82) is 0 Å². The van der Waals surface area contributed by atoms with Crippen LogP contribution in [0.2, 0.25) is 0 Å². The Morgan fingerprint density at radius 1 is 1.54 bits per heavy atom. The largest absolute Gasteiger partial charge is 0.300 e. The zero-order valence-electron chi connectivity index (χ0n) is 7.82. The van der Waals surface area contributed by atoms with E-state index in [1.165, 1.54) is 5.69 Å². The van der Waals surface area contributed by atoms with Gasteiger partial charge in [0, 0.05) is 19.6 Å². The third kappa shape index (κ3) is 1.58. The first-order chi connectivity index (χ1) is 6.29. The number of terminal acetylenes is 1. The van der Waals surface area contributed by atoms with Crippen LogP contribution in [0.15, 0.2) is 6.07 Å². The zero-order chi connectivity index (χ0) is 9.26. The summed E-state index contributed by atoms with van der Waals surface area (Å²) in [5.74, 6) is 2.57. The summed E-state index contributed by atoms with van der Waals surface area (Å²) in [6, 6.07) is 2.00. The van der Waals surface area contributed by atoms with Gasteiger partial charge in [-0.25, -0.2) is 0 Å². The number of fused-ring (bicyclic) bond motifs is 1. The molecule has 0 saturated carbocycles. The molecule has 0 radical (unpaired) electrons. The maximum Gasteiger partial charge on any atom is 0.135 e. The van der Waals surface area contributed by atoms with E-state index in [0.717, 1.165) is 31.7 Å². The summed E-state index contributed by atoms with van der Waals surface area (Å²) in [5, 5.41) is 4.32. The predicted molar refractivity (Wildman–Crippen MR) is 51.1 cm³/mol. The van der Waals surface area contributed by atoms with Crippen LogP contribution in [0, 0.1) is 12.3 Å². The first-order valence-electron chi connectivity index (χ1n) is 4.51. The number of hydrogen-bond acceptors (Lipinski definition) is 2. The Kier molecular flexibility index (Phi) is 2.07. The zero-order valence-corrected chi connectivity index (χ0v) is 7.82. The molecule has 3 heteroatoms. The molecule has 2 rings (SSSR count). The molecule has 1 aromatic rings. The molecule has 0 amide bonds. The lowest BCUT2D eigenvalue weighted by Gasteiger charge is -2.10. The molecule has 0 atom stereocenters. The molecule has 0 aliphatic carbocycles. The Morgan fingerprint density at radius 3 is 3.15 bits per heavy atom. The highest BCUT2D eigenvalue weighted by molar-refractivity contribution is 5.26. The Bertz CT molecular complexity index is 346. The lowest BCUT2D eigenvalue weighted by atomic mass is 10.3. The van der Waals surface area contributed by atoms with Crippen LogP contribution in [-0.2, 0) is 13.1 Å². The minimum absolute atomic E-state index is 0.755. The van der Waals surface area contributed by atoms with Gasteiger partial charge in [-0.15, -0.1) is 6.42 Å². The van der Waals surface area contributed by atoms with Gasteiger partial charge in [0.05, 0.1) is 5.69 Å². The molecule has 0 aromatic carbocycles. The molecule has 2 heterocycles. The van der Waals surface area contributed by atoms with Crippen molar-refractivity contribution in [3.8, 4) is 12.3 Å². The summed E-state index contributed by atoms with van der Waals surface area (Å²) in [6.45, 7) is 3.07. The van der Waals surface area contributed by atoms with E-state index in [1.807, 2.05) is 10.7 Å². The van der Waals surface area contributed by atoms with Crippen molar-refractivity contribution in [3.63, 3.8) is 0 Å². The molecule has 0 bridgehead atoms. The van der Waals surface area contributed by atoms with Crippen LogP contribution in [-0.4, -0.2) is 28.3 Å². The van der Waals surface area contributed by atoms with Crippen molar-refractivity contribution in [1.82, 2.24) is 14.7 Å². The fraction of sp³-hybridized carbons (Fsp3) is 0.500. The Hall–Kier alpha value is -1.27. The molecule has 3 nitrogen and oxygen atoms in total. The molecule has 1 aliphatic heterocycles. The Morgan fingerprint density at radius 2 is 2.38 bits per heavy atom. The van der Waals surface area contributed by atoms with Crippen LogP contribution in [0.5, 0.6) is 0 Å². The van der Waals surface area contributed by atoms with Gasteiger partial charge in [-0.3, -0.25) is 4.68 Å². The molecule has 0 spiro atoms. The van der Waals surface area contributed by atoms with Crippen LogP contribution in [0.4, 0.5) is 0 Å². The second kappa shape index (κ2) is 3.23. The number of aromatic nitrogens is 2. The van der Waals surface area contributed by atoms with E-state index < -0.39 is 0 Å². The highest BCUT2D eigenvalue weighted by Gasteiger charge is 2.12. The van der Waals surface area contributed by atoms with Gasteiger partial charge in [0.25, 0.3) is 0 Å². The third-order valence-corrected chi connectivity index (χ3v) is 2.35. The van der Waals surface area contributed by atoms with Crippen molar-refractivity contribution in [2.45, 2.75) is 19.5 Å². The third-order valence-electron chi connectivity index (χ3n) is 2.35. The molecular formula is C10H13N3. The van der Waals surface area contributed by atoms with E-state index in [2.05, 4.69) is 23.0 Å². The normalized spacial score (nSPS) is 17.5. The molecule has 0 N–H and O–H groups in total. The van der Waals surface area contributed by atoms with Crippen LogP contribution in [0.1, 0.15) is 17.8 Å². The lowest BCUT2D eigenvalue weighted by Crippen LogP contribution is -2.16. The smallest absolute Gasteiger partial charge is 0.135 e. The SMILES string of the molecule is C#Cc1cc2n(n1)CCCN(C)C2. The number of aryl methyl sites for hydroxylation is 1. The van der Waals surface area contributed by atoms with Crippen LogP contribution < -0.4 is 0 Å². The monoisotopic (exact) mass is 175 g/mol. The van der Waals surface area contributed by atoms with Gasteiger partial charge >= 0.3 is 0 Å². The van der Waals surface area contributed by atoms with Gasteiger partial charge in [0.2, 0.25) is 0 Å². The predicted octanol–water partition coefficient (Wildman–Crippen LogP) is 0.700.